The van der Waals surface area contributed by atoms with Crippen LogP contribution >= 0.6 is 0 Å². The summed E-state index contributed by atoms with van der Waals surface area (Å²) in [6.07, 6.45) is 12.8. The monoisotopic (exact) mass is 293 g/mol. The first-order valence-corrected chi connectivity index (χ1v) is 8.54. The highest BCUT2D eigenvalue weighted by atomic mass is 16.5. The van der Waals surface area contributed by atoms with Crippen LogP contribution in [0.4, 0.5) is 0 Å². The zero-order valence-electron chi connectivity index (χ0n) is 13.9. The van der Waals surface area contributed by atoms with Crippen LogP contribution in [0.2, 0.25) is 0 Å². The van der Waals surface area contributed by atoms with E-state index in [-0.39, 0.29) is 5.60 Å². The zero-order valence-corrected chi connectivity index (χ0v) is 13.9. The number of nitrogens with one attached hydrogen (secondary N) is 1. The van der Waals surface area contributed by atoms with Gasteiger partial charge in [-0.25, -0.2) is 0 Å². The number of nitrogens with zero attached hydrogens (tertiary/aromatic N) is 2. The highest BCUT2D eigenvalue weighted by Crippen LogP contribution is 2.34. The van der Waals surface area contributed by atoms with Gasteiger partial charge in [-0.1, -0.05) is 32.6 Å². The largest absolute Gasteiger partial charge is 0.377 e. The standard InChI is InChI=1S/C17H31N3O/c1-4-18-16(12-15-13-19-20(5-2)14-15)17(21-3)10-8-6-7-9-11-17/h13-14,16,18H,4-12H2,1-3H3. The smallest absolute Gasteiger partial charge is 0.0834 e. The summed E-state index contributed by atoms with van der Waals surface area (Å²) in [5, 5.41) is 8.09. The number of likely N-dealkylation sites (N-methyl/N-ethyl adjacent to an activating group) is 1. The molecule has 4 nitrogen and oxygen atoms in total. The van der Waals surface area contributed by atoms with Gasteiger partial charge < -0.3 is 10.1 Å². The minimum Gasteiger partial charge on any atom is -0.377 e. The summed E-state index contributed by atoms with van der Waals surface area (Å²) < 4.78 is 8.09. The average Bonchev–Trinajstić information content (AvgIpc) is 2.82. The molecule has 1 N–H and O–H groups in total. The number of methoxy groups -OCH3 is 1. The van der Waals surface area contributed by atoms with Crippen LogP contribution in [-0.2, 0) is 17.7 Å². The third kappa shape index (κ3) is 4.07. The number of hydrogen-bond donors (Lipinski definition) is 1. The molecule has 21 heavy (non-hydrogen) atoms. The molecule has 1 fully saturated rings. The van der Waals surface area contributed by atoms with E-state index in [0.717, 1.165) is 19.5 Å². The minimum absolute atomic E-state index is 0.0131. The Hall–Kier alpha value is -0.870. The Balaban J connectivity index is 2.14. The van der Waals surface area contributed by atoms with Crippen molar-refractivity contribution < 1.29 is 4.74 Å². The van der Waals surface area contributed by atoms with Crippen molar-refractivity contribution in [2.24, 2.45) is 0 Å². The molecule has 1 atom stereocenters. The van der Waals surface area contributed by atoms with E-state index in [9.17, 15) is 0 Å². The lowest BCUT2D eigenvalue weighted by Crippen LogP contribution is -2.53. The number of hydrogen-bond acceptors (Lipinski definition) is 3. The predicted molar refractivity (Wildman–Crippen MR) is 86.5 cm³/mol. The molecule has 0 aliphatic heterocycles. The van der Waals surface area contributed by atoms with Gasteiger partial charge in [0.05, 0.1) is 11.8 Å². The van der Waals surface area contributed by atoms with Crippen LogP contribution in [0.15, 0.2) is 12.4 Å². The Bertz CT molecular complexity index is 408. The van der Waals surface area contributed by atoms with E-state index < -0.39 is 0 Å². The quantitative estimate of drug-likeness (QED) is 0.785. The van der Waals surface area contributed by atoms with Gasteiger partial charge in [-0.15, -0.1) is 0 Å². The number of aromatic nitrogens is 2. The molecule has 1 aliphatic rings. The molecular weight excluding hydrogens is 262 g/mol. The Labute approximate surface area is 129 Å². The van der Waals surface area contributed by atoms with Crippen LogP contribution in [0.5, 0.6) is 0 Å². The maximum absolute atomic E-state index is 6.09. The minimum atomic E-state index is -0.0131. The van der Waals surface area contributed by atoms with E-state index in [4.69, 9.17) is 4.74 Å². The highest BCUT2D eigenvalue weighted by molar-refractivity contribution is 5.10. The Kier molecular flexibility index (Phi) is 6.24. The summed E-state index contributed by atoms with van der Waals surface area (Å²) in [6, 6.07) is 0.375. The molecule has 0 aromatic carbocycles. The van der Waals surface area contributed by atoms with E-state index in [1.807, 2.05) is 18.0 Å². The van der Waals surface area contributed by atoms with Crippen molar-refractivity contribution in [1.82, 2.24) is 15.1 Å². The summed E-state index contributed by atoms with van der Waals surface area (Å²) in [5.74, 6) is 0. The van der Waals surface area contributed by atoms with E-state index in [2.05, 4.69) is 30.5 Å². The summed E-state index contributed by atoms with van der Waals surface area (Å²) in [5.41, 5.74) is 1.30. The third-order valence-electron chi connectivity index (χ3n) is 4.89. The molecule has 1 heterocycles. The maximum Gasteiger partial charge on any atom is 0.0834 e. The molecule has 1 aliphatic carbocycles. The number of ether oxygens (including phenoxy) is 1. The van der Waals surface area contributed by atoms with Gasteiger partial charge in [-0.3, -0.25) is 4.68 Å². The Morgan fingerprint density at radius 3 is 2.52 bits per heavy atom. The molecular formula is C17H31N3O. The number of rotatable bonds is 7. The van der Waals surface area contributed by atoms with Gasteiger partial charge >= 0.3 is 0 Å². The molecule has 1 aromatic rings. The van der Waals surface area contributed by atoms with Crippen LogP contribution in [0.25, 0.3) is 0 Å². The molecule has 0 spiro atoms. The predicted octanol–water partition coefficient (Wildman–Crippen LogP) is 3.16. The summed E-state index contributed by atoms with van der Waals surface area (Å²) in [4.78, 5) is 0. The fourth-order valence-electron chi connectivity index (χ4n) is 3.63. The van der Waals surface area contributed by atoms with Gasteiger partial charge in [0.15, 0.2) is 0 Å². The van der Waals surface area contributed by atoms with E-state index in [1.54, 1.807) is 0 Å². The first-order chi connectivity index (χ1) is 10.2. The molecule has 1 saturated carbocycles. The van der Waals surface area contributed by atoms with Gasteiger partial charge in [-0.2, -0.15) is 5.10 Å². The van der Waals surface area contributed by atoms with Crippen molar-refractivity contribution in [2.75, 3.05) is 13.7 Å². The molecule has 4 heteroatoms. The van der Waals surface area contributed by atoms with Crippen molar-refractivity contribution in [2.45, 2.75) is 77.0 Å². The lowest BCUT2D eigenvalue weighted by Gasteiger charge is -2.39. The molecule has 0 amide bonds. The van der Waals surface area contributed by atoms with Crippen molar-refractivity contribution >= 4 is 0 Å². The van der Waals surface area contributed by atoms with Crippen LogP contribution in [0, 0.1) is 0 Å². The van der Waals surface area contributed by atoms with Crippen molar-refractivity contribution in [1.29, 1.82) is 0 Å². The van der Waals surface area contributed by atoms with E-state index >= 15 is 0 Å². The second-order valence-electron chi connectivity index (χ2n) is 6.20. The maximum atomic E-state index is 6.09. The highest BCUT2D eigenvalue weighted by Gasteiger charge is 2.38. The second kappa shape index (κ2) is 7.95. The molecule has 1 unspecified atom stereocenters. The first-order valence-electron chi connectivity index (χ1n) is 8.54. The fourth-order valence-corrected chi connectivity index (χ4v) is 3.63. The molecule has 0 radical (unpaired) electrons. The van der Waals surface area contributed by atoms with Crippen LogP contribution in [0.3, 0.4) is 0 Å². The van der Waals surface area contributed by atoms with Gasteiger partial charge in [0, 0.05) is 25.9 Å². The van der Waals surface area contributed by atoms with Crippen LogP contribution in [-0.4, -0.2) is 35.1 Å². The summed E-state index contributed by atoms with van der Waals surface area (Å²) >= 11 is 0. The van der Waals surface area contributed by atoms with Crippen molar-refractivity contribution in [3.63, 3.8) is 0 Å². The molecule has 0 saturated heterocycles. The molecule has 2 rings (SSSR count). The summed E-state index contributed by atoms with van der Waals surface area (Å²) in [7, 11) is 1.89. The number of aryl methyl sites for hydroxylation is 1. The van der Waals surface area contributed by atoms with E-state index in [0.29, 0.717) is 6.04 Å². The van der Waals surface area contributed by atoms with Gasteiger partial charge in [0.25, 0.3) is 0 Å². The fraction of sp³-hybridized carbons (Fsp3) is 0.824. The van der Waals surface area contributed by atoms with Crippen LogP contribution in [0.1, 0.15) is 57.9 Å². The Morgan fingerprint density at radius 1 is 1.29 bits per heavy atom. The average molecular weight is 293 g/mol. The Morgan fingerprint density at radius 2 is 2.00 bits per heavy atom. The topological polar surface area (TPSA) is 39.1 Å². The van der Waals surface area contributed by atoms with Crippen molar-refractivity contribution in [3.05, 3.63) is 18.0 Å². The SMILES string of the molecule is CCNC(Cc1cnn(CC)c1)C1(OC)CCCCCC1. The molecule has 120 valence electrons. The summed E-state index contributed by atoms with van der Waals surface area (Å²) in [6.45, 7) is 6.22. The molecule has 0 bridgehead atoms. The van der Waals surface area contributed by atoms with Crippen molar-refractivity contribution in [3.8, 4) is 0 Å². The lowest BCUT2D eigenvalue weighted by molar-refractivity contribution is -0.0523. The van der Waals surface area contributed by atoms with Crippen LogP contribution < -0.4 is 5.32 Å². The van der Waals surface area contributed by atoms with Gasteiger partial charge in [0.1, 0.15) is 0 Å². The zero-order chi connectivity index (χ0) is 15.1. The lowest BCUT2D eigenvalue weighted by atomic mass is 9.83. The van der Waals surface area contributed by atoms with E-state index in [1.165, 1.54) is 44.1 Å². The first kappa shape index (κ1) is 16.5. The third-order valence-corrected chi connectivity index (χ3v) is 4.89. The van der Waals surface area contributed by atoms with Gasteiger partial charge in [-0.05, 0) is 38.3 Å². The second-order valence-corrected chi connectivity index (χ2v) is 6.20. The normalized spacial score (nSPS) is 20.1. The molecule has 1 aromatic heterocycles. The van der Waals surface area contributed by atoms with Gasteiger partial charge in [0.2, 0.25) is 0 Å².